The van der Waals surface area contributed by atoms with Crippen LogP contribution >= 0.6 is 0 Å². The van der Waals surface area contributed by atoms with Gasteiger partial charge in [-0.25, -0.2) is 0 Å². The molecule has 4 aliphatic rings. The molecule has 0 bridgehead atoms. The van der Waals surface area contributed by atoms with Crippen molar-refractivity contribution in [3.63, 3.8) is 0 Å². The molecule has 4 rings (SSSR count). The van der Waals surface area contributed by atoms with E-state index in [9.17, 15) is 14.7 Å². The van der Waals surface area contributed by atoms with Gasteiger partial charge >= 0.3 is 0 Å². The number of allylic oxidation sites excluding steroid dienone is 1. The number of carbonyl (C=O) groups is 2. The molecule has 0 radical (unpaired) electrons. The molecular weight excluding hydrogens is 300 g/mol. The van der Waals surface area contributed by atoms with Gasteiger partial charge in [0.2, 0.25) is 0 Å². The fourth-order valence-electron chi connectivity index (χ4n) is 7.20. The summed E-state index contributed by atoms with van der Waals surface area (Å²) in [6.45, 7) is 4.42. The van der Waals surface area contributed by atoms with Gasteiger partial charge in [0.1, 0.15) is 6.61 Å². The van der Waals surface area contributed by atoms with Gasteiger partial charge in [-0.15, -0.1) is 0 Å². The molecule has 0 aromatic heterocycles. The molecule has 0 heterocycles. The average molecular weight is 330 g/mol. The third-order valence-corrected chi connectivity index (χ3v) is 8.51. The second-order valence-corrected chi connectivity index (χ2v) is 9.27. The third kappa shape index (κ3) is 2.13. The minimum Gasteiger partial charge on any atom is -0.389 e. The molecule has 3 nitrogen and oxygen atoms in total. The van der Waals surface area contributed by atoms with Gasteiger partial charge in [-0.2, -0.15) is 0 Å². The molecule has 0 aromatic rings. The van der Waals surface area contributed by atoms with Crippen molar-refractivity contribution in [1.29, 1.82) is 0 Å². The summed E-state index contributed by atoms with van der Waals surface area (Å²) in [4.78, 5) is 24.1. The second kappa shape index (κ2) is 5.52. The third-order valence-electron chi connectivity index (χ3n) is 8.51. The molecule has 0 aromatic carbocycles. The lowest BCUT2D eigenvalue weighted by Crippen LogP contribution is -2.51. The Kier molecular flexibility index (Phi) is 3.80. The minimum absolute atomic E-state index is 0.0596. The van der Waals surface area contributed by atoms with Crippen molar-refractivity contribution in [3.05, 3.63) is 11.6 Å². The summed E-state index contributed by atoms with van der Waals surface area (Å²) in [5, 5.41) is 9.36. The summed E-state index contributed by atoms with van der Waals surface area (Å²) in [7, 11) is 0. The molecule has 24 heavy (non-hydrogen) atoms. The Morgan fingerprint density at radius 2 is 1.92 bits per heavy atom. The van der Waals surface area contributed by atoms with E-state index < -0.39 is 0 Å². The summed E-state index contributed by atoms with van der Waals surface area (Å²) in [5.74, 6) is 2.42. The topological polar surface area (TPSA) is 54.4 Å². The molecule has 3 heteroatoms. The van der Waals surface area contributed by atoms with E-state index in [0.29, 0.717) is 30.0 Å². The van der Waals surface area contributed by atoms with Crippen molar-refractivity contribution >= 4 is 11.6 Å². The maximum atomic E-state index is 12.3. The van der Waals surface area contributed by atoms with E-state index >= 15 is 0 Å². The highest BCUT2D eigenvalue weighted by molar-refractivity contribution is 5.91. The molecule has 6 atom stereocenters. The van der Waals surface area contributed by atoms with E-state index in [2.05, 4.69) is 13.8 Å². The highest BCUT2D eigenvalue weighted by Crippen LogP contribution is 2.66. The van der Waals surface area contributed by atoms with E-state index in [1.165, 1.54) is 18.4 Å². The van der Waals surface area contributed by atoms with Crippen molar-refractivity contribution < 1.29 is 14.7 Å². The maximum absolute atomic E-state index is 12.3. The largest absolute Gasteiger partial charge is 0.389 e. The molecule has 132 valence electrons. The van der Waals surface area contributed by atoms with Crippen LogP contribution in [-0.2, 0) is 9.59 Å². The van der Waals surface area contributed by atoms with Crippen molar-refractivity contribution in [3.8, 4) is 0 Å². The van der Waals surface area contributed by atoms with Crippen LogP contribution in [0.3, 0.4) is 0 Å². The summed E-state index contributed by atoms with van der Waals surface area (Å²) in [6.07, 6.45) is 10.3. The van der Waals surface area contributed by atoms with Crippen molar-refractivity contribution in [1.82, 2.24) is 0 Å². The number of hydrogen-bond acceptors (Lipinski definition) is 3. The van der Waals surface area contributed by atoms with E-state index in [1.807, 2.05) is 6.08 Å². The zero-order valence-electron chi connectivity index (χ0n) is 15.0. The van der Waals surface area contributed by atoms with Crippen LogP contribution in [0.15, 0.2) is 11.6 Å². The van der Waals surface area contributed by atoms with Crippen LogP contribution in [0.4, 0.5) is 0 Å². The van der Waals surface area contributed by atoms with Crippen molar-refractivity contribution in [2.24, 2.45) is 34.5 Å². The zero-order valence-corrected chi connectivity index (χ0v) is 15.0. The van der Waals surface area contributed by atoms with Crippen LogP contribution in [-0.4, -0.2) is 23.3 Å². The highest BCUT2D eigenvalue weighted by atomic mass is 16.3. The first-order valence-corrected chi connectivity index (χ1v) is 9.77. The number of ketones is 2. The Balaban J connectivity index is 1.65. The Bertz CT molecular complexity index is 606. The Labute approximate surface area is 144 Å². The van der Waals surface area contributed by atoms with Gasteiger partial charge in [-0.3, -0.25) is 9.59 Å². The van der Waals surface area contributed by atoms with Gasteiger partial charge in [-0.05, 0) is 79.6 Å². The van der Waals surface area contributed by atoms with E-state index in [0.717, 1.165) is 32.1 Å². The smallest absolute Gasteiger partial charge is 0.161 e. The highest BCUT2D eigenvalue weighted by Gasteiger charge is 2.59. The average Bonchev–Trinajstić information content (AvgIpc) is 2.92. The summed E-state index contributed by atoms with van der Waals surface area (Å²) in [5.41, 5.74) is 1.70. The maximum Gasteiger partial charge on any atom is 0.161 e. The van der Waals surface area contributed by atoms with E-state index in [1.54, 1.807) is 0 Å². The Morgan fingerprint density at radius 3 is 2.67 bits per heavy atom. The molecule has 1 N–H and O–H groups in total. The van der Waals surface area contributed by atoms with Crippen LogP contribution in [0.2, 0.25) is 0 Å². The van der Waals surface area contributed by atoms with Crippen LogP contribution < -0.4 is 0 Å². The van der Waals surface area contributed by atoms with Crippen LogP contribution in [0, 0.1) is 34.5 Å². The van der Waals surface area contributed by atoms with Gasteiger partial charge in [-0.1, -0.05) is 19.4 Å². The van der Waals surface area contributed by atoms with Crippen molar-refractivity contribution in [2.45, 2.75) is 65.2 Å². The normalized spacial score (nSPS) is 47.5. The van der Waals surface area contributed by atoms with Gasteiger partial charge in [0.05, 0.1) is 0 Å². The number of carbonyl (C=O) groups excluding carboxylic acids is 2. The number of rotatable bonds is 2. The molecule has 0 amide bonds. The van der Waals surface area contributed by atoms with Gasteiger partial charge in [0.15, 0.2) is 11.6 Å². The van der Waals surface area contributed by atoms with Crippen LogP contribution in [0.1, 0.15) is 65.2 Å². The standard InChI is InChI=1S/C21H30O3/c1-20-9-7-14(23)11-13(20)3-4-15-16-5-6-18(19(24)12-22)21(16,2)10-8-17(15)20/h11,15-18,22H,3-10,12H2,1-2H3/t15-,16?,17?,18?,20+,21?/m1/s1. The molecule has 4 aliphatic carbocycles. The number of aliphatic hydroxyl groups excluding tert-OH is 1. The monoisotopic (exact) mass is 330 g/mol. The Hall–Kier alpha value is -0.960. The lowest BCUT2D eigenvalue weighted by Gasteiger charge is -2.58. The number of Topliss-reactive ketones (excluding diaryl/α,β-unsaturated/α-hetero) is 1. The molecule has 0 aliphatic heterocycles. The second-order valence-electron chi connectivity index (χ2n) is 9.27. The fourth-order valence-corrected chi connectivity index (χ4v) is 7.20. The van der Waals surface area contributed by atoms with Crippen LogP contribution in [0.5, 0.6) is 0 Å². The van der Waals surface area contributed by atoms with Gasteiger partial charge in [0, 0.05) is 12.3 Å². The lowest BCUT2D eigenvalue weighted by molar-refractivity contribution is -0.133. The number of aliphatic hydroxyl groups is 1. The fraction of sp³-hybridized carbons (Fsp3) is 0.810. The molecular formula is C21H30O3. The first-order chi connectivity index (χ1) is 11.4. The zero-order chi connectivity index (χ0) is 17.1. The molecule has 4 unspecified atom stereocenters. The first-order valence-electron chi connectivity index (χ1n) is 9.77. The molecule has 0 spiro atoms. The lowest BCUT2D eigenvalue weighted by atomic mass is 9.46. The SMILES string of the molecule is CC12CCC3[C@H](CCC4=CC(=O)CC[C@@]43C)C1CCC2C(=O)CO. The van der Waals surface area contributed by atoms with Gasteiger partial charge in [0.25, 0.3) is 0 Å². The Morgan fingerprint density at radius 1 is 1.12 bits per heavy atom. The van der Waals surface area contributed by atoms with Gasteiger partial charge < -0.3 is 5.11 Å². The summed E-state index contributed by atoms with van der Waals surface area (Å²) < 4.78 is 0. The van der Waals surface area contributed by atoms with Crippen molar-refractivity contribution in [2.75, 3.05) is 6.61 Å². The molecule has 3 fully saturated rings. The predicted molar refractivity (Wildman–Crippen MR) is 92.3 cm³/mol. The molecule has 0 saturated heterocycles. The molecule has 3 saturated carbocycles. The van der Waals surface area contributed by atoms with E-state index in [4.69, 9.17) is 0 Å². The predicted octanol–water partition coefficient (Wildman–Crippen LogP) is 3.70. The summed E-state index contributed by atoms with van der Waals surface area (Å²) in [6, 6.07) is 0. The number of fused-ring (bicyclic) bond motifs is 5. The van der Waals surface area contributed by atoms with E-state index in [-0.39, 0.29) is 29.1 Å². The minimum atomic E-state index is -0.298. The number of hydrogen-bond donors (Lipinski definition) is 1. The van der Waals surface area contributed by atoms with Crippen LogP contribution in [0.25, 0.3) is 0 Å². The quantitative estimate of drug-likeness (QED) is 0.840. The summed E-state index contributed by atoms with van der Waals surface area (Å²) >= 11 is 0. The first kappa shape index (κ1) is 16.5.